The Morgan fingerprint density at radius 3 is 2.60 bits per heavy atom. The van der Waals surface area contributed by atoms with Crippen molar-refractivity contribution in [2.24, 2.45) is 0 Å². The highest BCUT2D eigenvalue weighted by atomic mass is 31.2. The third-order valence-electron chi connectivity index (χ3n) is 2.38. The van der Waals surface area contributed by atoms with E-state index in [0.29, 0.717) is 11.0 Å². The maximum atomic E-state index is 12.0. The third kappa shape index (κ3) is 1.75. The zero-order valence-corrected chi connectivity index (χ0v) is 9.66. The zero-order chi connectivity index (χ0) is 11.1. The molecule has 0 saturated heterocycles. The van der Waals surface area contributed by atoms with Gasteiger partial charge in [-0.05, 0) is 19.4 Å². The van der Waals surface area contributed by atoms with Gasteiger partial charge in [0.2, 0.25) is 0 Å². The Labute approximate surface area is 88.7 Å². The highest BCUT2D eigenvalue weighted by Gasteiger charge is 2.16. The standard InChI is InChI=1S/C11H13N2OP/c1-15(2,14)10-7-13-9-6-4-3-5-8(9)11(10)12/h3-7H,1-2H3,(H2,12,13). The molecule has 15 heavy (non-hydrogen) atoms. The number of fused-ring (bicyclic) bond motifs is 1. The Morgan fingerprint density at radius 1 is 1.27 bits per heavy atom. The van der Waals surface area contributed by atoms with Crippen molar-refractivity contribution in [3.8, 4) is 0 Å². The van der Waals surface area contributed by atoms with Crippen molar-refractivity contribution in [2.45, 2.75) is 0 Å². The molecule has 2 aromatic rings. The molecule has 0 spiro atoms. The predicted octanol–water partition coefficient (Wildman–Crippen LogP) is 2.06. The van der Waals surface area contributed by atoms with E-state index < -0.39 is 7.14 Å². The SMILES string of the molecule is CP(C)(=O)c1cnc2ccccc2c1N. The lowest BCUT2D eigenvalue weighted by Gasteiger charge is -2.11. The monoisotopic (exact) mass is 220 g/mol. The molecule has 0 aliphatic heterocycles. The number of nitrogens with zero attached hydrogens (tertiary/aromatic N) is 1. The summed E-state index contributed by atoms with van der Waals surface area (Å²) in [6.45, 7) is 3.41. The molecule has 0 saturated carbocycles. The Bertz CT molecular complexity index is 560. The van der Waals surface area contributed by atoms with Crippen LogP contribution in [-0.2, 0) is 4.57 Å². The molecule has 2 rings (SSSR count). The van der Waals surface area contributed by atoms with Crippen LogP contribution in [0.3, 0.4) is 0 Å². The molecule has 0 bridgehead atoms. The normalized spacial score (nSPS) is 11.9. The molecule has 0 unspecified atom stereocenters. The first kappa shape index (κ1) is 10.2. The molecule has 0 aliphatic rings. The van der Waals surface area contributed by atoms with Crippen molar-refractivity contribution in [3.63, 3.8) is 0 Å². The summed E-state index contributed by atoms with van der Waals surface area (Å²) >= 11 is 0. The van der Waals surface area contributed by atoms with Crippen LogP contribution in [0.4, 0.5) is 5.69 Å². The second kappa shape index (κ2) is 3.35. The van der Waals surface area contributed by atoms with Gasteiger partial charge in [-0.1, -0.05) is 18.2 Å². The van der Waals surface area contributed by atoms with Gasteiger partial charge in [0.1, 0.15) is 7.14 Å². The van der Waals surface area contributed by atoms with Crippen molar-refractivity contribution in [2.75, 3.05) is 19.1 Å². The highest BCUT2D eigenvalue weighted by molar-refractivity contribution is 7.70. The molecule has 0 radical (unpaired) electrons. The second-order valence-electron chi connectivity index (χ2n) is 3.93. The molecule has 1 heterocycles. The molecular formula is C11H13N2OP. The van der Waals surface area contributed by atoms with E-state index in [0.717, 1.165) is 10.9 Å². The minimum absolute atomic E-state index is 0.592. The van der Waals surface area contributed by atoms with Crippen molar-refractivity contribution in [1.29, 1.82) is 0 Å². The number of para-hydroxylation sites is 1. The first-order valence-corrected chi connectivity index (χ1v) is 7.29. The van der Waals surface area contributed by atoms with Gasteiger partial charge in [0.25, 0.3) is 0 Å². The van der Waals surface area contributed by atoms with E-state index in [-0.39, 0.29) is 0 Å². The minimum Gasteiger partial charge on any atom is -0.398 e. The van der Waals surface area contributed by atoms with Gasteiger partial charge in [-0.3, -0.25) is 4.98 Å². The molecule has 0 atom stereocenters. The van der Waals surface area contributed by atoms with Crippen LogP contribution in [0.5, 0.6) is 0 Å². The van der Waals surface area contributed by atoms with Crippen LogP contribution in [0.15, 0.2) is 30.5 Å². The molecular weight excluding hydrogens is 207 g/mol. The molecule has 1 aromatic heterocycles. The predicted molar refractivity (Wildman–Crippen MR) is 65.2 cm³/mol. The van der Waals surface area contributed by atoms with Crippen molar-refractivity contribution in [3.05, 3.63) is 30.5 Å². The van der Waals surface area contributed by atoms with E-state index in [1.807, 2.05) is 24.3 Å². The number of aromatic nitrogens is 1. The van der Waals surface area contributed by atoms with Crippen LogP contribution in [0.2, 0.25) is 0 Å². The average Bonchev–Trinajstić information content (AvgIpc) is 2.16. The van der Waals surface area contributed by atoms with Crippen LogP contribution >= 0.6 is 7.14 Å². The summed E-state index contributed by atoms with van der Waals surface area (Å²) in [5.74, 6) is 0. The van der Waals surface area contributed by atoms with Gasteiger partial charge in [0, 0.05) is 11.6 Å². The molecule has 0 fully saturated rings. The van der Waals surface area contributed by atoms with Crippen LogP contribution in [0, 0.1) is 0 Å². The van der Waals surface area contributed by atoms with E-state index in [2.05, 4.69) is 4.98 Å². The summed E-state index contributed by atoms with van der Waals surface area (Å²) in [6, 6.07) is 7.61. The van der Waals surface area contributed by atoms with Gasteiger partial charge in [-0.15, -0.1) is 0 Å². The number of hydrogen-bond acceptors (Lipinski definition) is 3. The maximum Gasteiger partial charge on any atom is 0.113 e. The number of anilines is 1. The van der Waals surface area contributed by atoms with Crippen LogP contribution in [-0.4, -0.2) is 18.3 Å². The molecule has 0 amide bonds. The second-order valence-corrected chi connectivity index (χ2v) is 7.11. The maximum absolute atomic E-state index is 12.0. The quantitative estimate of drug-likeness (QED) is 0.748. The number of pyridine rings is 1. The summed E-state index contributed by atoms with van der Waals surface area (Å²) in [7, 11) is -2.35. The minimum atomic E-state index is -2.35. The van der Waals surface area contributed by atoms with Crippen molar-refractivity contribution >= 4 is 29.0 Å². The summed E-state index contributed by atoms with van der Waals surface area (Å²) in [4.78, 5) is 4.26. The fourth-order valence-corrected chi connectivity index (χ4v) is 2.62. The van der Waals surface area contributed by atoms with Crippen molar-refractivity contribution in [1.82, 2.24) is 4.98 Å². The lowest BCUT2D eigenvalue weighted by Crippen LogP contribution is -2.11. The zero-order valence-electron chi connectivity index (χ0n) is 8.77. The van der Waals surface area contributed by atoms with Gasteiger partial charge >= 0.3 is 0 Å². The number of nitrogens with two attached hydrogens (primary N) is 1. The fourth-order valence-electron chi connectivity index (χ4n) is 1.58. The van der Waals surface area contributed by atoms with E-state index in [1.165, 1.54) is 0 Å². The Kier molecular flexibility index (Phi) is 2.28. The number of rotatable bonds is 1. The fraction of sp³-hybridized carbons (Fsp3) is 0.182. The highest BCUT2D eigenvalue weighted by Crippen LogP contribution is 2.38. The lowest BCUT2D eigenvalue weighted by molar-refractivity contribution is 0.588. The van der Waals surface area contributed by atoms with Gasteiger partial charge in [-0.25, -0.2) is 0 Å². The van der Waals surface area contributed by atoms with Crippen molar-refractivity contribution < 1.29 is 4.57 Å². The average molecular weight is 220 g/mol. The Balaban J connectivity index is 2.82. The third-order valence-corrected chi connectivity index (χ3v) is 3.89. The van der Waals surface area contributed by atoms with Crippen LogP contribution in [0.1, 0.15) is 0 Å². The van der Waals surface area contributed by atoms with E-state index in [4.69, 9.17) is 5.73 Å². The number of hydrogen-bond donors (Lipinski definition) is 1. The summed E-state index contributed by atoms with van der Waals surface area (Å²) in [5, 5.41) is 1.54. The first-order valence-electron chi connectivity index (χ1n) is 4.69. The smallest absolute Gasteiger partial charge is 0.113 e. The lowest BCUT2D eigenvalue weighted by atomic mass is 10.2. The first-order chi connectivity index (χ1) is 7.00. The molecule has 1 aromatic carbocycles. The van der Waals surface area contributed by atoms with Gasteiger partial charge < -0.3 is 10.3 Å². The molecule has 78 valence electrons. The van der Waals surface area contributed by atoms with E-state index in [1.54, 1.807) is 19.5 Å². The molecule has 3 nitrogen and oxygen atoms in total. The van der Waals surface area contributed by atoms with Gasteiger partial charge in [-0.2, -0.15) is 0 Å². The largest absolute Gasteiger partial charge is 0.398 e. The van der Waals surface area contributed by atoms with Crippen LogP contribution < -0.4 is 11.0 Å². The topological polar surface area (TPSA) is 56.0 Å². The number of benzene rings is 1. The molecule has 2 N–H and O–H groups in total. The van der Waals surface area contributed by atoms with Gasteiger partial charge in [0.15, 0.2) is 0 Å². The molecule has 0 aliphatic carbocycles. The van der Waals surface area contributed by atoms with E-state index >= 15 is 0 Å². The van der Waals surface area contributed by atoms with Gasteiger partial charge in [0.05, 0.1) is 16.5 Å². The van der Waals surface area contributed by atoms with E-state index in [9.17, 15) is 4.57 Å². The number of nitrogen functional groups attached to an aromatic ring is 1. The Hall–Kier alpha value is -1.34. The Morgan fingerprint density at radius 2 is 1.93 bits per heavy atom. The summed E-state index contributed by atoms with van der Waals surface area (Å²) in [5.41, 5.74) is 7.42. The molecule has 4 heteroatoms. The summed E-state index contributed by atoms with van der Waals surface area (Å²) in [6.07, 6.45) is 1.62. The van der Waals surface area contributed by atoms with Crippen LogP contribution in [0.25, 0.3) is 10.9 Å². The summed E-state index contributed by atoms with van der Waals surface area (Å²) < 4.78 is 12.0.